The Balaban J connectivity index is 2.08. The van der Waals surface area contributed by atoms with Crippen molar-refractivity contribution in [3.8, 4) is 0 Å². The van der Waals surface area contributed by atoms with E-state index in [0.29, 0.717) is 17.8 Å². The average molecular weight is 391 g/mol. The maximum absolute atomic E-state index is 12.6. The number of nitrogens with zero attached hydrogens (tertiary/aromatic N) is 2. The van der Waals surface area contributed by atoms with Gasteiger partial charge in [0.15, 0.2) is 5.82 Å². The molecular weight excluding hydrogens is 370 g/mol. The molecule has 1 aliphatic heterocycles. The first-order valence-electron chi connectivity index (χ1n) is 9.17. The van der Waals surface area contributed by atoms with E-state index in [0.717, 1.165) is 28.9 Å². The summed E-state index contributed by atoms with van der Waals surface area (Å²) in [5, 5.41) is 5.66. The van der Waals surface area contributed by atoms with E-state index in [4.69, 9.17) is 5.14 Å². The zero-order valence-electron chi connectivity index (χ0n) is 15.5. The second-order valence-corrected chi connectivity index (χ2v) is 8.20. The van der Waals surface area contributed by atoms with Gasteiger partial charge in [-0.15, -0.1) is 0 Å². The number of primary sulfonamides is 1. The largest absolute Gasteiger partial charge is 0.293 e. The molecule has 5 nitrogen and oxygen atoms in total. The molecule has 2 aromatic carbocycles. The van der Waals surface area contributed by atoms with Crippen molar-refractivity contribution in [2.24, 2.45) is 5.14 Å². The van der Waals surface area contributed by atoms with Gasteiger partial charge < -0.3 is 0 Å². The van der Waals surface area contributed by atoms with Crippen molar-refractivity contribution >= 4 is 39.4 Å². The molecule has 0 atom stereocenters. The van der Waals surface area contributed by atoms with Crippen molar-refractivity contribution in [1.82, 2.24) is 4.98 Å². The van der Waals surface area contributed by atoms with Gasteiger partial charge in [-0.1, -0.05) is 61.9 Å². The Morgan fingerprint density at radius 1 is 0.929 bits per heavy atom. The molecule has 28 heavy (non-hydrogen) atoms. The number of fused-ring (bicyclic) bond motifs is 2. The summed E-state index contributed by atoms with van der Waals surface area (Å²) >= 11 is 0. The molecule has 4 rings (SSSR count). The number of benzene rings is 2. The first-order chi connectivity index (χ1) is 13.5. The van der Waals surface area contributed by atoms with Gasteiger partial charge in [0.05, 0.1) is 11.4 Å². The SMILES string of the molecule is CCCc1ccnc(N2c3ccccc3C=Cc3ccccc32)c1S(N)(=O)=O. The fourth-order valence-corrected chi connectivity index (χ4v) is 4.55. The summed E-state index contributed by atoms with van der Waals surface area (Å²) in [5.41, 5.74) is 4.34. The van der Waals surface area contributed by atoms with Crippen LogP contribution < -0.4 is 10.0 Å². The second kappa shape index (κ2) is 7.22. The van der Waals surface area contributed by atoms with Gasteiger partial charge in [-0.05, 0) is 41.3 Å². The highest BCUT2D eigenvalue weighted by atomic mass is 32.2. The second-order valence-electron chi connectivity index (χ2n) is 6.70. The van der Waals surface area contributed by atoms with Crippen LogP contribution in [0.25, 0.3) is 12.2 Å². The molecule has 0 bridgehead atoms. The smallest absolute Gasteiger partial charge is 0.242 e. The normalized spacial score (nSPS) is 13.0. The molecular formula is C22H21N3O2S. The third-order valence-corrected chi connectivity index (χ3v) is 5.79. The first kappa shape index (κ1) is 18.4. The lowest BCUT2D eigenvalue weighted by Crippen LogP contribution is -2.22. The summed E-state index contributed by atoms with van der Waals surface area (Å²) < 4.78 is 25.2. The van der Waals surface area contributed by atoms with Crippen molar-refractivity contribution in [1.29, 1.82) is 0 Å². The Hall–Kier alpha value is -2.96. The molecule has 1 aliphatic rings. The van der Waals surface area contributed by atoms with Gasteiger partial charge in [-0.25, -0.2) is 18.5 Å². The van der Waals surface area contributed by atoms with Gasteiger partial charge in [0, 0.05) is 6.20 Å². The van der Waals surface area contributed by atoms with Crippen LogP contribution in [0, 0.1) is 0 Å². The minimum absolute atomic E-state index is 0.0864. The monoisotopic (exact) mass is 391 g/mol. The molecule has 142 valence electrons. The Bertz CT molecular complexity index is 1120. The predicted octanol–water partition coefficient (Wildman–Crippen LogP) is 4.64. The summed E-state index contributed by atoms with van der Waals surface area (Å²) in [4.78, 5) is 6.47. The maximum Gasteiger partial charge on any atom is 0.242 e. The van der Waals surface area contributed by atoms with Crippen LogP contribution >= 0.6 is 0 Å². The van der Waals surface area contributed by atoms with Crippen LogP contribution in [0.2, 0.25) is 0 Å². The number of anilines is 3. The van der Waals surface area contributed by atoms with E-state index in [2.05, 4.69) is 4.98 Å². The summed E-state index contributed by atoms with van der Waals surface area (Å²) in [5.74, 6) is 0.331. The summed E-state index contributed by atoms with van der Waals surface area (Å²) in [7, 11) is -3.98. The quantitative estimate of drug-likeness (QED) is 0.550. The van der Waals surface area contributed by atoms with Crippen molar-refractivity contribution in [3.63, 3.8) is 0 Å². The zero-order valence-corrected chi connectivity index (χ0v) is 16.4. The van der Waals surface area contributed by atoms with Crippen LogP contribution in [-0.4, -0.2) is 13.4 Å². The van der Waals surface area contributed by atoms with E-state index in [9.17, 15) is 8.42 Å². The molecule has 0 radical (unpaired) electrons. The number of sulfonamides is 1. The van der Waals surface area contributed by atoms with E-state index in [1.54, 1.807) is 12.3 Å². The van der Waals surface area contributed by atoms with Crippen LogP contribution in [0.4, 0.5) is 17.2 Å². The van der Waals surface area contributed by atoms with Crippen molar-refractivity contribution in [2.75, 3.05) is 4.90 Å². The minimum Gasteiger partial charge on any atom is -0.293 e. The van der Waals surface area contributed by atoms with E-state index >= 15 is 0 Å². The zero-order chi connectivity index (χ0) is 19.7. The van der Waals surface area contributed by atoms with Crippen LogP contribution in [0.3, 0.4) is 0 Å². The third-order valence-electron chi connectivity index (χ3n) is 4.78. The first-order valence-corrected chi connectivity index (χ1v) is 10.7. The Morgan fingerprint density at radius 2 is 1.50 bits per heavy atom. The van der Waals surface area contributed by atoms with Gasteiger partial charge in [-0.3, -0.25) is 4.90 Å². The molecule has 0 unspecified atom stereocenters. The molecule has 0 aliphatic carbocycles. The van der Waals surface area contributed by atoms with E-state index in [-0.39, 0.29) is 4.90 Å². The highest BCUT2D eigenvalue weighted by Gasteiger charge is 2.28. The molecule has 3 aromatic rings. The number of rotatable bonds is 4. The number of hydrogen-bond donors (Lipinski definition) is 1. The van der Waals surface area contributed by atoms with Gasteiger partial charge in [0.2, 0.25) is 10.0 Å². The molecule has 1 aromatic heterocycles. The maximum atomic E-state index is 12.6. The average Bonchev–Trinajstić information content (AvgIpc) is 2.84. The Labute approximate surface area is 165 Å². The van der Waals surface area contributed by atoms with Crippen LogP contribution in [0.15, 0.2) is 65.7 Å². The third kappa shape index (κ3) is 3.21. The topological polar surface area (TPSA) is 76.3 Å². The number of aryl methyl sites for hydroxylation is 1. The summed E-state index contributed by atoms with van der Waals surface area (Å²) in [6, 6.07) is 17.4. The van der Waals surface area contributed by atoms with E-state index < -0.39 is 10.0 Å². The molecule has 2 N–H and O–H groups in total. The van der Waals surface area contributed by atoms with Crippen LogP contribution in [-0.2, 0) is 16.4 Å². The number of pyridine rings is 1. The summed E-state index contributed by atoms with van der Waals surface area (Å²) in [6.45, 7) is 2.01. The number of aromatic nitrogens is 1. The molecule has 2 heterocycles. The highest BCUT2D eigenvalue weighted by molar-refractivity contribution is 7.89. The van der Waals surface area contributed by atoms with Gasteiger partial charge in [0.25, 0.3) is 0 Å². The minimum atomic E-state index is -3.98. The van der Waals surface area contributed by atoms with Crippen molar-refractivity contribution < 1.29 is 8.42 Å². The lowest BCUT2D eigenvalue weighted by molar-refractivity contribution is 0.596. The van der Waals surface area contributed by atoms with Gasteiger partial charge in [-0.2, -0.15) is 0 Å². The predicted molar refractivity (Wildman–Crippen MR) is 113 cm³/mol. The van der Waals surface area contributed by atoms with Gasteiger partial charge in [0.1, 0.15) is 4.90 Å². The standard InChI is InChI=1S/C22H21N3O2S/c1-2-7-18-14-15-24-22(21(18)28(23,26)27)25-19-10-5-3-8-16(19)12-13-17-9-4-6-11-20(17)25/h3-6,8-15H,2,7H2,1H3,(H2,23,26,27). The molecule has 0 spiro atoms. The Kier molecular flexibility index (Phi) is 4.75. The van der Waals surface area contributed by atoms with Crippen molar-refractivity contribution in [2.45, 2.75) is 24.7 Å². The Morgan fingerprint density at radius 3 is 2.04 bits per heavy atom. The van der Waals surface area contributed by atoms with Crippen LogP contribution in [0.1, 0.15) is 30.0 Å². The van der Waals surface area contributed by atoms with E-state index in [1.165, 1.54) is 0 Å². The number of nitrogens with two attached hydrogens (primary N) is 1. The number of para-hydroxylation sites is 2. The lowest BCUT2D eigenvalue weighted by Gasteiger charge is -2.28. The summed E-state index contributed by atoms with van der Waals surface area (Å²) in [6.07, 6.45) is 7.12. The molecule has 0 saturated carbocycles. The number of hydrogen-bond acceptors (Lipinski definition) is 4. The molecule has 6 heteroatoms. The fourth-order valence-electron chi connectivity index (χ4n) is 3.61. The highest BCUT2D eigenvalue weighted by Crippen LogP contribution is 2.43. The fraction of sp³-hybridized carbons (Fsp3) is 0.136. The molecule has 0 amide bonds. The lowest BCUT2D eigenvalue weighted by atomic mass is 10.1. The van der Waals surface area contributed by atoms with Crippen LogP contribution in [0.5, 0.6) is 0 Å². The molecule has 0 saturated heterocycles. The van der Waals surface area contributed by atoms with Gasteiger partial charge >= 0.3 is 0 Å². The molecule has 0 fully saturated rings. The van der Waals surface area contributed by atoms with Crippen molar-refractivity contribution in [3.05, 3.63) is 77.5 Å². The van der Waals surface area contributed by atoms with E-state index in [1.807, 2.05) is 72.5 Å².